The van der Waals surface area contributed by atoms with E-state index in [1.807, 2.05) is 26.0 Å². The number of carbonyl (C=O) groups is 1. The monoisotopic (exact) mass is 583 g/mol. The lowest BCUT2D eigenvalue weighted by Gasteiger charge is -2.31. The smallest absolute Gasteiger partial charge is 0.193 e. The van der Waals surface area contributed by atoms with Crippen LogP contribution < -0.4 is 4.90 Å². The molecular weight excluding hydrogens is 543 g/mol. The summed E-state index contributed by atoms with van der Waals surface area (Å²) in [6.45, 7) is 17.1. The van der Waals surface area contributed by atoms with Gasteiger partial charge in [-0.1, -0.05) is 48.0 Å². The lowest BCUT2D eigenvalue weighted by molar-refractivity contribution is 0.103. The van der Waals surface area contributed by atoms with Crippen molar-refractivity contribution in [2.24, 2.45) is 0 Å². The van der Waals surface area contributed by atoms with Crippen LogP contribution in [0.25, 0.3) is 11.1 Å². The molecule has 0 unspecified atom stereocenters. The first-order chi connectivity index (χ1) is 20.5. The average molecular weight is 584 g/mol. The molecule has 2 nitrogen and oxygen atoms in total. The molecule has 5 rings (SSSR count). The number of nitrogens with zero attached hydrogens (tertiary/aromatic N) is 1. The third-order valence-electron chi connectivity index (χ3n) is 8.27. The Hall–Kier alpha value is -4.08. The van der Waals surface area contributed by atoms with E-state index in [2.05, 4.69) is 125 Å². The molecule has 0 bridgehead atoms. The van der Waals surface area contributed by atoms with Gasteiger partial charge in [-0.25, -0.2) is 0 Å². The first-order valence-corrected chi connectivity index (χ1v) is 16.1. The summed E-state index contributed by atoms with van der Waals surface area (Å²) in [4.78, 5) is 17.5. The Morgan fingerprint density at radius 3 is 1.81 bits per heavy atom. The van der Waals surface area contributed by atoms with Crippen LogP contribution in [0.1, 0.15) is 60.4 Å². The van der Waals surface area contributed by atoms with Gasteiger partial charge in [0.25, 0.3) is 0 Å². The predicted octanol–water partition coefficient (Wildman–Crippen LogP) is 11.2. The van der Waals surface area contributed by atoms with Crippen LogP contribution in [0.5, 0.6) is 0 Å². The quantitative estimate of drug-likeness (QED) is 0.140. The van der Waals surface area contributed by atoms with E-state index in [9.17, 15) is 4.79 Å². The van der Waals surface area contributed by atoms with E-state index in [-0.39, 0.29) is 5.78 Å². The summed E-state index contributed by atoms with van der Waals surface area (Å²) in [7, 11) is 0. The van der Waals surface area contributed by atoms with E-state index in [0.29, 0.717) is 5.56 Å². The Kier molecular flexibility index (Phi) is 8.66. The number of ketones is 1. The number of carbonyl (C=O) groups excluding carboxylic acids is 1. The summed E-state index contributed by atoms with van der Waals surface area (Å²) >= 11 is 1.75. The molecule has 0 fully saturated rings. The molecule has 0 aliphatic rings. The van der Waals surface area contributed by atoms with Gasteiger partial charge in [-0.3, -0.25) is 4.79 Å². The number of aryl methyl sites for hydroxylation is 7. The van der Waals surface area contributed by atoms with Gasteiger partial charge >= 0.3 is 0 Å². The first-order valence-electron chi connectivity index (χ1n) is 14.8. The fourth-order valence-corrected chi connectivity index (χ4v) is 7.09. The van der Waals surface area contributed by atoms with Crippen molar-refractivity contribution >= 4 is 34.6 Å². The standard InChI is InChI=1S/C40H41NOS/c1-24-17-25(2)21-35(20-24)41(34-13-15-36(43-9)16-14-34)39-30(7)22-29(6)38(31(39)8)32-11-10-12-33(23-32)40(42)37-27(4)18-26(3)19-28(37)5/h10-23H,1-9H3. The van der Waals surface area contributed by atoms with Gasteiger partial charge in [-0.05, 0) is 154 Å². The lowest BCUT2D eigenvalue weighted by Crippen LogP contribution is -2.14. The lowest BCUT2D eigenvalue weighted by atomic mass is 9.88. The Morgan fingerprint density at radius 2 is 1.21 bits per heavy atom. The highest BCUT2D eigenvalue weighted by atomic mass is 32.2. The Labute approximate surface area is 261 Å². The highest BCUT2D eigenvalue weighted by Gasteiger charge is 2.22. The Morgan fingerprint density at radius 1 is 0.605 bits per heavy atom. The zero-order valence-corrected chi connectivity index (χ0v) is 27.7. The van der Waals surface area contributed by atoms with E-state index in [0.717, 1.165) is 33.6 Å². The van der Waals surface area contributed by atoms with Gasteiger partial charge in [0.2, 0.25) is 0 Å². The van der Waals surface area contributed by atoms with Gasteiger partial charge in [0, 0.05) is 27.4 Å². The van der Waals surface area contributed by atoms with Gasteiger partial charge in [-0.2, -0.15) is 0 Å². The third kappa shape index (κ3) is 6.05. The van der Waals surface area contributed by atoms with E-state index in [4.69, 9.17) is 0 Å². The van der Waals surface area contributed by atoms with Crippen molar-refractivity contribution in [3.8, 4) is 11.1 Å². The number of rotatable bonds is 7. The Balaban J connectivity index is 1.70. The zero-order chi connectivity index (χ0) is 31.0. The van der Waals surface area contributed by atoms with Crippen LogP contribution in [0.2, 0.25) is 0 Å². The molecule has 5 aromatic carbocycles. The number of anilines is 3. The predicted molar refractivity (Wildman–Crippen MR) is 186 cm³/mol. The average Bonchev–Trinajstić information content (AvgIpc) is 2.94. The van der Waals surface area contributed by atoms with Gasteiger partial charge in [0.05, 0.1) is 5.69 Å². The second-order valence-corrected chi connectivity index (χ2v) is 12.8. The maximum atomic E-state index is 13.9. The van der Waals surface area contributed by atoms with Crippen LogP contribution in [0.3, 0.4) is 0 Å². The first kappa shape index (κ1) is 30.4. The van der Waals surface area contributed by atoms with E-state index in [1.54, 1.807) is 11.8 Å². The maximum absolute atomic E-state index is 13.9. The molecule has 5 aromatic rings. The SMILES string of the molecule is CSc1ccc(N(c2cc(C)cc(C)c2)c2c(C)cc(C)c(-c3cccc(C(=O)c4c(C)cc(C)cc4C)c3)c2C)cc1. The normalized spacial score (nSPS) is 11.1. The van der Waals surface area contributed by atoms with Gasteiger partial charge < -0.3 is 4.90 Å². The van der Waals surface area contributed by atoms with Crippen molar-refractivity contribution in [1.82, 2.24) is 0 Å². The van der Waals surface area contributed by atoms with Crippen LogP contribution in [-0.4, -0.2) is 12.0 Å². The summed E-state index contributed by atoms with van der Waals surface area (Å²) < 4.78 is 0. The molecule has 218 valence electrons. The van der Waals surface area contributed by atoms with E-state index < -0.39 is 0 Å². The van der Waals surface area contributed by atoms with Crippen LogP contribution in [0, 0.1) is 55.4 Å². The fourth-order valence-electron chi connectivity index (χ4n) is 6.68. The minimum Gasteiger partial charge on any atom is -0.310 e. The molecule has 3 heteroatoms. The molecule has 0 aromatic heterocycles. The number of thioether (sulfide) groups is 1. The second-order valence-electron chi connectivity index (χ2n) is 11.9. The largest absolute Gasteiger partial charge is 0.310 e. The fraction of sp³-hybridized carbons (Fsp3) is 0.225. The van der Waals surface area contributed by atoms with Gasteiger partial charge in [0.15, 0.2) is 5.78 Å². The van der Waals surface area contributed by atoms with Crippen molar-refractivity contribution in [3.05, 3.63) is 141 Å². The summed E-state index contributed by atoms with van der Waals surface area (Å²) in [6, 6.07) is 30.2. The van der Waals surface area contributed by atoms with Crippen LogP contribution in [-0.2, 0) is 0 Å². The summed E-state index contributed by atoms with van der Waals surface area (Å²) in [6.07, 6.45) is 2.11. The molecule has 43 heavy (non-hydrogen) atoms. The van der Waals surface area contributed by atoms with Gasteiger partial charge in [-0.15, -0.1) is 11.8 Å². The van der Waals surface area contributed by atoms with Crippen molar-refractivity contribution in [2.75, 3.05) is 11.2 Å². The molecule has 0 aliphatic carbocycles. The molecular formula is C40H41NOS. The molecule has 0 aliphatic heterocycles. The van der Waals surface area contributed by atoms with Crippen molar-refractivity contribution < 1.29 is 4.79 Å². The van der Waals surface area contributed by atoms with E-state index >= 15 is 0 Å². The molecule has 0 atom stereocenters. The number of hydrogen-bond acceptors (Lipinski definition) is 3. The number of hydrogen-bond donors (Lipinski definition) is 0. The Bertz CT molecular complexity index is 1810. The maximum Gasteiger partial charge on any atom is 0.193 e. The molecule has 0 amide bonds. The minimum absolute atomic E-state index is 0.0743. The second kappa shape index (κ2) is 12.3. The zero-order valence-electron chi connectivity index (χ0n) is 26.8. The molecule has 0 heterocycles. The molecule has 0 spiro atoms. The minimum atomic E-state index is 0.0743. The molecule has 0 N–H and O–H groups in total. The van der Waals surface area contributed by atoms with Crippen LogP contribution in [0.15, 0.2) is 89.8 Å². The summed E-state index contributed by atoms with van der Waals surface area (Å²) in [5.41, 5.74) is 16.5. The van der Waals surface area contributed by atoms with Crippen LogP contribution in [0.4, 0.5) is 17.1 Å². The van der Waals surface area contributed by atoms with Gasteiger partial charge in [0.1, 0.15) is 0 Å². The highest BCUT2D eigenvalue weighted by molar-refractivity contribution is 7.98. The molecule has 0 saturated carbocycles. The summed E-state index contributed by atoms with van der Waals surface area (Å²) in [5, 5.41) is 0. The van der Waals surface area contributed by atoms with E-state index in [1.165, 1.54) is 49.5 Å². The molecule has 0 saturated heterocycles. The topological polar surface area (TPSA) is 20.3 Å². The third-order valence-corrected chi connectivity index (χ3v) is 9.01. The van der Waals surface area contributed by atoms with Crippen molar-refractivity contribution in [2.45, 2.75) is 60.3 Å². The molecule has 0 radical (unpaired) electrons. The van der Waals surface area contributed by atoms with Crippen molar-refractivity contribution in [1.29, 1.82) is 0 Å². The summed E-state index contributed by atoms with van der Waals surface area (Å²) in [5.74, 6) is 0.0743. The van der Waals surface area contributed by atoms with Crippen molar-refractivity contribution in [3.63, 3.8) is 0 Å². The van der Waals surface area contributed by atoms with Crippen LogP contribution >= 0.6 is 11.8 Å². The number of benzene rings is 5. The highest BCUT2D eigenvalue weighted by Crippen LogP contribution is 2.44.